The number of carbonyl (C=O) groups excluding carboxylic acids is 2. The van der Waals surface area contributed by atoms with E-state index in [1.165, 1.54) is 16.2 Å². The molecule has 3 aromatic rings. The summed E-state index contributed by atoms with van der Waals surface area (Å²) in [5.74, 6) is -0.721. The molecule has 0 radical (unpaired) electrons. The molecule has 31 heavy (non-hydrogen) atoms. The summed E-state index contributed by atoms with van der Waals surface area (Å²) in [7, 11) is 0. The van der Waals surface area contributed by atoms with Crippen molar-refractivity contribution in [3.63, 3.8) is 0 Å². The number of nitrogens with one attached hydrogen (secondary N) is 1. The summed E-state index contributed by atoms with van der Waals surface area (Å²) in [5, 5.41) is 2.88. The normalized spacial score (nSPS) is 16.7. The molecule has 0 bridgehead atoms. The van der Waals surface area contributed by atoms with Gasteiger partial charge in [-0.3, -0.25) is 9.59 Å². The largest absolute Gasteiger partial charge is 0.389 e. The Hall–Kier alpha value is -2.88. The first-order valence-electron chi connectivity index (χ1n) is 9.96. The predicted octanol–water partition coefficient (Wildman–Crippen LogP) is 4.33. The summed E-state index contributed by atoms with van der Waals surface area (Å²) < 4.78 is 39.2. The molecule has 0 aromatic carbocycles. The van der Waals surface area contributed by atoms with Crippen LogP contribution in [0.15, 0.2) is 42.9 Å². The molecule has 1 saturated heterocycles. The average molecular weight is 450 g/mol. The van der Waals surface area contributed by atoms with Gasteiger partial charge in [-0.2, -0.15) is 13.2 Å². The van der Waals surface area contributed by atoms with Crippen molar-refractivity contribution in [2.24, 2.45) is 0 Å². The standard InChI is InChI=1S/C21H21F3N4O2S/c22-21(23,24)7-5-19(29)28-9-1-2-15(28)16-3-4-17(31-16)20(30)26-13-14-6-10-27-11-8-25-18(27)12-14/h3-4,6,8,10-12,15H,1-2,5,7,9,13H2,(H,26,30). The molecule has 2 amide bonds. The highest BCUT2D eigenvalue weighted by Crippen LogP contribution is 2.37. The third-order valence-electron chi connectivity index (χ3n) is 5.29. The van der Waals surface area contributed by atoms with Crippen LogP contribution in [0.25, 0.3) is 5.65 Å². The van der Waals surface area contributed by atoms with Gasteiger partial charge in [0.1, 0.15) is 5.65 Å². The first kappa shape index (κ1) is 21.4. The highest BCUT2D eigenvalue weighted by molar-refractivity contribution is 7.14. The molecule has 1 atom stereocenters. The summed E-state index contributed by atoms with van der Waals surface area (Å²) in [5.41, 5.74) is 1.71. The Morgan fingerprint density at radius 2 is 2.06 bits per heavy atom. The Kier molecular flexibility index (Phi) is 5.99. The molecule has 0 aliphatic carbocycles. The number of nitrogens with zero attached hydrogens (tertiary/aromatic N) is 3. The first-order chi connectivity index (χ1) is 14.8. The molecular formula is C21H21F3N4O2S. The minimum absolute atomic E-state index is 0.229. The molecule has 4 rings (SSSR count). The van der Waals surface area contributed by atoms with E-state index < -0.39 is 24.9 Å². The van der Waals surface area contributed by atoms with Crippen molar-refractivity contribution in [2.45, 2.75) is 44.4 Å². The maximum atomic E-state index is 12.6. The Morgan fingerprint density at radius 1 is 1.23 bits per heavy atom. The number of imidazole rings is 1. The third kappa shape index (κ3) is 5.07. The molecular weight excluding hydrogens is 429 g/mol. The zero-order chi connectivity index (χ0) is 22.0. The Bertz CT molecular complexity index is 1090. The van der Waals surface area contributed by atoms with Gasteiger partial charge in [-0.1, -0.05) is 0 Å². The van der Waals surface area contributed by atoms with Crippen LogP contribution in [0.2, 0.25) is 0 Å². The lowest BCUT2D eigenvalue weighted by atomic mass is 10.1. The van der Waals surface area contributed by atoms with E-state index in [4.69, 9.17) is 0 Å². The maximum absolute atomic E-state index is 12.6. The number of hydrogen-bond acceptors (Lipinski definition) is 4. The number of thiophene rings is 1. The maximum Gasteiger partial charge on any atom is 0.389 e. The van der Waals surface area contributed by atoms with E-state index in [0.717, 1.165) is 22.5 Å². The fourth-order valence-corrected chi connectivity index (χ4v) is 4.81. The number of halogens is 3. The van der Waals surface area contributed by atoms with E-state index >= 15 is 0 Å². The van der Waals surface area contributed by atoms with Gasteiger partial charge < -0.3 is 14.6 Å². The van der Waals surface area contributed by atoms with Gasteiger partial charge in [0, 0.05) is 43.0 Å². The second-order valence-corrected chi connectivity index (χ2v) is 8.59. The summed E-state index contributed by atoms with van der Waals surface area (Å²) in [6.07, 6.45) is 0.827. The quantitative estimate of drug-likeness (QED) is 0.608. The molecule has 1 N–H and O–H groups in total. The van der Waals surface area contributed by atoms with Crippen molar-refractivity contribution in [2.75, 3.05) is 6.54 Å². The highest BCUT2D eigenvalue weighted by Gasteiger charge is 2.34. The van der Waals surface area contributed by atoms with Crippen LogP contribution >= 0.6 is 11.3 Å². The lowest BCUT2D eigenvalue weighted by Crippen LogP contribution is -2.31. The van der Waals surface area contributed by atoms with Crippen LogP contribution in [0.5, 0.6) is 0 Å². The van der Waals surface area contributed by atoms with Gasteiger partial charge in [-0.05, 0) is 42.7 Å². The zero-order valence-corrected chi connectivity index (χ0v) is 17.4. The van der Waals surface area contributed by atoms with Crippen molar-refractivity contribution in [3.05, 3.63) is 58.2 Å². The van der Waals surface area contributed by atoms with Gasteiger partial charge in [0.25, 0.3) is 5.91 Å². The summed E-state index contributed by atoms with van der Waals surface area (Å²) in [4.78, 5) is 31.9. The zero-order valence-electron chi connectivity index (χ0n) is 16.6. The number of amides is 2. The van der Waals surface area contributed by atoms with Crippen molar-refractivity contribution in [3.8, 4) is 0 Å². The summed E-state index contributed by atoms with van der Waals surface area (Å²) in [6, 6.07) is 7.01. The van der Waals surface area contributed by atoms with Crippen molar-refractivity contribution >= 4 is 28.8 Å². The van der Waals surface area contributed by atoms with Gasteiger partial charge in [0.15, 0.2) is 0 Å². The number of aromatic nitrogens is 2. The van der Waals surface area contributed by atoms with Gasteiger partial charge >= 0.3 is 6.18 Å². The molecule has 0 spiro atoms. The number of fused-ring (bicyclic) bond motifs is 1. The fourth-order valence-electron chi connectivity index (χ4n) is 3.74. The molecule has 1 unspecified atom stereocenters. The molecule has 4 heterocycles. The number of carbonyl (C=O) groups is 2. The Morgan fingerprint density at radius 3 is 2.87 bits per heavy atom. The number of rotatable bonds is 6. The molecule has 1 aliphatic heterocycles. The van der Waals surface area contributed by atoms with Crippen LogP contribution in [-0.2, 0) is 11.3 Å². The van der Waals surface area contributed by atoms with Gasteiger partial charge in [0.2, 0.25) is 5.91 Å². The lowest BCUT2D eigenvalue weighted by Gasteiger charge is -2.24. The third-order valence-corrected chi connectivity index (χ3v) is 6.48. The monoisotopic (exact) mass is 450 g/mol. The number of likely N-dealkylation sites (tertiary alicyclic amines) is 1. The van der Waals surface area contributed by atoms with Crippen LogP contribution in [0.3, 0.4) is 0 Å². The van der Waals surface area contributed by atoms with Crippen LogP contribution in [0, 0.1) is 0 Å². The van der Waals surface area contributed by atoms with Crippen molar-refractivity contribution < 1.29 is 22.8 Å². The van der Waals surface area contributed by atoms with Crippen LogP contribution in [0.4, 0.5) is 13.2 Å². The minimum Gasteiger partial charge on any atom is -0.347 e. The van der Waals surface area contributed by atoms with E-state index in [2.05, 4.69) is 10.3 Å². The SMILES string of the molecule is O=C(NCc1ccn2ccnc2c1)c1ccc(C2CCCN2C(=O)CCC(F)(F)F)s1. The lowest BCUT2D eigenvalue weighted by molar-refractivity contribution is -0.149. The summed E-state index contributed by atoms with van der Waals surface area (Å²) in [6.45, 7) is 0.790. The second-order valence-electron chi connectivity index (χ2n) is 7.47. The van der Waals surface area contributed by atoms with Gasteiger partial charge in [-0.15, -0.1) is 11.3 Å². The van der Waals surface area contributed by atoms with Gasteiger partial charge in [0.05, 0.1) is 17.3 Å². The topological polar surface area (TPSA) is 66.7 Å². The molecule has 1 aliphatic rings. The fraction of sp³-hybridized carbons (Fsp3) is 0.381. The van der Waals surface area contributed by atoms with E-state index in [0.29, 0.717) is 24.4 Å². The van der Waals surface area contributed by atoms with Crippen LogP contribution < -0.4 is 5.32 Å². The number of pyridine rings is 1. The van der Waals surface area contributed by atoms with Crippen LogP contribution in [0.1, 0.15) is 51.8 Å². The molecule has 1 fully saturated rings. The minimum atomic E-state index is -4.35. The van der Waals surface area contributed by atoms with Crippen molar-refractivity contribution in [1.82, 2.24) is 19.6 Å². The van der Waals surface area contributed by atoms with E-state index in [9.17, 15) is 22.8 Å². The van der Waals surface area contributed by atoms with E-state index in [1.807, 2.05) is 28.9 Å². The van der Waals surface area contributed by atoms with Crippen LogP contribution in [-0.4, -0.2) is 38.8 Å². The average Bonchev–Trinajstić information content (AvgIpc) is 3.48. The Balaban J connectivity index is 1.37. The number of alkyl halides is 3. The smallest absolute Gasteiger partial charge is 0.347 e. The highest BCUT2D eigenvalue weighted by atomic mass is 32.1. The molecule has 10 heteroatoms. The predicted molar refractivity (Wildman–Crippen MR) is 110 cm³/mol. The molecule has 3 aromatic heterocycles. The molecule has 164 valence electrons. The second kappa shape index (κ2) is 8.70. The molecule has 0 saturated carbocycles. The molecule has 6 nitrogen and oxygen atoms in total. The number of hydrogen-bond donors (Lipinski definition) is 1. The summed E-state index contributed by atoms with van der Waals surface area (Å²) >= 11 is 1.28. The Labute approximate surface area is 180 Å². The van der Waals surface area contributed by atoms with Crippen molar-refractivity contribution in [1.29, 1.82) is 0 Å². The van der Waals surface area contributed by atoms with E-state index in [1.54, 1.807) is 18.3 Å². The van der Waals surface area contributed by atoms with E-state index in [-0.39, 0.29) is 11.9 Å². The van der Waals surface area contributed by atoms with Gasteiger partial charge in [-0.25, -0.2) is 4.98 Å². The first-order valence-corrected chi connectivity index (χ1v) is 10.8.